The molecule has 0 spiro atoms. The standard InChI is InChI=1S/B.3ClH.HI.H3P/h;4*1H;1H3. The topological polar surface area (TPSA) is 0 Å². The third kappa shape index (κ3) is 36.0. The van der Waals surface area contributed by atoms with E-state index in [-0.39, 0.29) is 79.5 Å². The van der Waals surface area contributed by atoms with Gasteiger partial charge >= 0.3 is 0 Å². The summed E-state index contributed by atoms with van der Waals surface area (Å²) >= 11 is 0. The van der Waals surface area contributed by atoms with Gasteiger partial charge in [0, 0.05) is 8.41 Å². The first kappa shape index (κ1) is 92.8. The van der Waals surface area contributed by atoms with Crippen LogP contribution in [0, 0.1) is 0 Å². The molecule has 6 heavy (non-hydrogen) atoms. The van der Waals surface area contributed by atoms with E-state index in [1.54, 1.807) is 0 Å². The third-order valence-electron chi connectivity index (χ3n) is 0. The average Bonchev–Trinajstić information content (AvgIpc) is 0. The second-order valence-corrected chi connectivity index (χ2v) is 0. The van der Waals surface area contributed by atoms with Crippen molar-refractivity contribution >= 4 is 79.5 Å². The van der Waals surface area contributed by atoms with Crippen molar-refractivity contribution in [3.05, 3.63) is 0 Å². The van der Waals surface area contributed by atoms with Crippen LogP contribution >= 0.6 is 71.1 Å². The van der Waals surface area contributed by atoms with E-state index in [1.807, 2.05) is 0 Å². The molecule has 0 aromatic carbocycles. The second-order valence-electron chi connectivity index (χ2n) is 0. The first-order valence-electron chi connectivity index (χ1n) is 0. The highest BCUT2D eigenvalue weighted by molar-refractivity contribution is 14.0. The summed E-state index contributed by atoms with van der Waals surface area (Å²) in [5.41, 5.74) is 0. The summed E-state index contributed by atoms with van der Waals surface area (Å²) in [6, 6.07) is 0. The maximum absolute atomic E-state index is 0. The Morgan fingerprint density at radius 2 is 0.667 bits per heavy atom. The van der Waals surface area contributed by atoms with Gasteiger partial charge in [-0.25, -0.2) is 0 Å². The van der Waals surface area contributed by atoms with E-state index in [9.17, 15) is 0 Å². The lowest BCUT2D eigenvalue weighted by Gasteiger charge is -0.154. The van der Waals surface area contributed by atoms with Gasteiger partial charge in [0.1, 0.15) is 0 Å². The summed E-state index contributed by atoms with van der Waals surface area (Å²) in [6.45, 7) is 0. The molecule has 0 nitrogen and oxygen atoms in total. The molecule has 0 rings (SSSR count). The Hall–Kier alpha value is 2.09. The molecule has 0 aliphatic heterocycles. The Balaban J connectivity index is 0. The highest BCUT2D eigenvalue weighted by Gasteiger charge is 0.0000374. The first-order valence-corrected chi connectivity index (χ1v) is 0. The molecular weight excluding hydrogens is 275 g/mol. The van der Waals surface area contributed by atoms with Crippen molar-refractivity contribution < 1.29 is 0 Å². The zero-order valence-corrected chi connectivity index (χ0v) is 9.11. The van der Waals surface area contributed by atoms with Crippen molar-refractivity contribution in [1.29, 1.82) is 0 Å². The van der Waals surface area contributed by atoms with Crippen molar-refractivity contribution in [2.45, 2.75) is 0 Å². The quantitative estimate of drug-likeness (QED) is 0.359. The van der Waals surface area contributed by atoms with Gasteiger partial charge in [-0.3, -0.25) is 0 Å². The SMILES string of the molecule is Cl.Cl.Cl.I.P.[B]. The number of hydrogen-bond acceptors (Lipinski definition) is 0. The Morgan fingerprint density at radius 3 is 0.667 bits per heavy atom. The normalized spacial score (nSPS) is 0. The molecule has 1 unspecified atom stereocenters. The lowest BCUT2D eigenvalue weighted by atomic mass is 10.8. The fourth-order valence-electron chi connectivity index (χ4n) is 0. The van der Waals surface area contributed by atoms with Gasteiger partial charge in [0.15, 0.2) is 0 Å². The van der Waals surface area contributed by atoms with Crippen molar-refractivity contribution in [3.63, 3.8) is 0 Å². The van der Waals surface area contributed by atoms with Crippen LogP contribution in [0.15, 0.2) is 0 Å². The summed E-state index contributed by atoms with van der Waals surface area (Å²) in [4.78, 5) is 0. The van der Waals surface area contributed by atoms with E-state index < -0.39 is 0 Å². The Bertz CT molecular complexity index is 10.8. The average molecular weight is 282 g/mol. The van der Waals surface area contributed by atoms with Crippen LogP contribution in [-0.2, 0) is 0 Å². The smallest absolute Gasteiger partial charge is 0 e. The second kappa shape index (κ2) is 60.1. The predicted octanol–water partition coefficient (Wildman–Crippen LogP) is 1.56. The van der Waals surface area contributed by atoms with Crippen LogP contribution in [0.1, 0.15) is 0 Å². The molecule has 1 atom stereocenters. The minimum absolute atomic E-state index is 0. The lowest BCUT2D eigenvalue weighted by molar-refractivity contribution is 5.75. The summed E-state index contributed by atoms with van der Waals surface area (Å²) < 4.78 is 0. The molecule has 43 valence electrons. The van der Waals surface area contributed by atoms with E-state index in [2.05, 4.69) is 0 Å². The number of hydrogen-bond donors (Lipinski definition) is 0. The van der Waals surface area contributed by atoms with Gasteiger partial charge in [0.2, 0.25) is 0 Å². The molecule has 0 N–H and O–H groups in total. The lowest BCUT2D eigenvalue weighted by Crippen LogP contribution is -0.381. The Kier molecular flexibility index (Phi) is 929. The molecule has 0 aromatic heterocycles. The van der Waals surface area contributed by atoms with E-state index in [0.29, 0.717) is 0 Å². The van der Waals surface area contributed by atoms with E-state index >= 15 is 0 Å². The number of rotatable bonds is 0. The van der Waals surface area contributed by atoms with Gasteiger partial charge in [-0.15, -0.1) is 61.2 Å². The molecule has 6 heteroatoms. The molecule has 3 radical (unpaired) electrons. The molecule has 0 bridgehead atoms. The van der Waals surface area contributed by atoms with Gasteiger partial charge in [0.05, 0.1) is 0 Å². The number of halogens is 4. The van der Waals surface area contributed by atoms with Gasteiger partial charge in [0.25, 0.3) is 0 Å². The van der Waals surface area contributed by atoms with Gasteiger partial charge < -0.3 is 0 Å². The maximum Gasteiger partial charge on any atom is 0 e. The minimum atomic E-state index is 0. The van der Waals surface area contributed by atoms with Gasteiger partial charge in [-0.1, -0.05) is 0 Å². The highest BCUT2D eigenvalue weighted by Crippen LogP contribution is 0.886. The van der Waals surface area contributed by atoms with Gasteiger partial charge in [-0.05, 0) is 0 Å². The van der Waals surface area contributed by atoms with Crippen molar-refractivity contribution in [2.75, 3.05) is 0 Å². The van der Waals surface area contributed by atoms with Crippen molar-refractivity contribution in [3.8, 4) is 0 Å². The van der Waals surface area contributed by atoms with Crippen LogP contribution in [-0.4, -0.2) is 8.41 Å². The van der Waals surface area contributed by atoms with Crippen LogP contribution < -0.4 is 0 Å². The Morgan fingerprint density at radius 1 is 0.667 bits per heavy atom. The monoisotopic (exact) mass is 281 g/mol. The van der Waals surface area contributed by atoms with Crippen molar-refractivity contribution in [1.82, 2.24) is 0 Å². The summed E-state index contributed by atoms with van der Waals surface area (Å²) in [6.07, 6.45) is 0. The summed E-state index contributed by atoms with van der Waals surface area (Å²) in [5, 5.41) is 0. The van der Waals surface area contributed by atoms with Crippen LogP contribution in [0.2, 0.25) is 0 Å². The third-order valence-corrected chi connectivity index (χ3v) is 0. The first-order chi connectivity index (χ1) is 0. The molecule has 0 aliphatic rings. The van der Waals surface area contributed by atoms with Crippen LogP contribution in [0.25, 0.3) is 0 Å². The fourth-order valence-corrected chi connectivity index (χ4v) is 0. The van der Waals surface area contributed by atoms with Crippen LogP contribution in [0.4, 0.5) is 0 Å². The summed E-state index contributed by atoms with van der Waals surface area (Å²) in [5.74, 6) is 0. The largest absolute Gasteiger partial charge is 0.153 e. The van der Waals surface area contributed by atoms with E-state index in [4.69, 9.17) is 0 Å². The molecule has 0 saturated heterocycles. The summed E-state index contributed by atoms with van der Waals surface area (Å²) in [7, 11) is 0. The van der Waals surface area contributed by atoms with Crippen molar-refractivity contribution in [2.24, 2.45) is 0 Å². The fraction of sp³-hybridized carbons (Fsp3) is 0. The van der Waals surface area contributed by atoms with Gasteiger partial charge in [-0.2, -0.15) is 9.90 Å². The molecule has 0 saturated carbocycles. The van der Waals surface area contributed by atoms with Crippen LogP contribution in [0.5, 0.6) is 0 Å². The molecule has 0 aliphatic carbocycles. The minimum Gasteiger partial charge on any atom is -0.153 e. The predicted molar refractivity (Wildman–Crippen MR) is 54.0 cm³/mol. The molecule has 0 amide bonds. The van der Waals surface area contributed by atoms with E-state index in [0.717, 1.165) is 0 Å². The Labute approximate surface area is 79.0 Å². The molecule has 0 aromatic rings. The van der Waals surface area contributed by atoms with Crippen LogP contribution in [0.3, 0.4) is 0 Å². The highest BCUT2D eigenvalue weighted by atomic mass is 127. The molecular formula is H7BCl3IP. The van der Waals surface area contributed by atoms with E-state index in [1.165, 1.54) is 0 Å². The molecule has 0 heterocycles. The molecule has 0 fully saturated rings. The zero-order valence-electron chi connectivity index (χ0n) is 2.92. The maximum atomic E-state index is 0. The zero-order chi connectivity index (χ0) is 0.